The van der Waals surface area contributed by atoms with E-state index in [1.165, 1.54) is 11.2 Å². The summed E-state index contributed by atoms with van der Waals surface area (Å²) in [4.78, 5) is 24.5. The molecule has 0 saturated carbocycles. The highest BCUT2D eigenvalue weighted by Gasteiger charge is 2.38. The van der Waals surface area contributed by atoms with Gasteiger partial charge in [0.1, 0.15) is 12.1 Å². The molecule has 0 aliphatic carbocycles. The van der Waals surface area contributed by atoms with Crippen LogP contribution >= 0.6 is 23.2 Å². The standard InChI is InChI=1S/C23H24Cl2N4O2/c1-23(2,3)20-12-28(8-9-29(20)22(30)31)21-16-10-15(14-6-4-5-7-17(14)24)18(25)11-19(16)26-13-27-21/h4-7,10-11,13,20H,8-9,12H2,1-3H3,(H,30,31). The van der Waals surface area contributed by atoms with Gasteiger partial charge in [0.05, 0.1) is 16.6 Å². The van der Waals surface area contributed by atoms with E-state index in [1.54, 1.807) is 0 Å². The minimum atomic E-state index is -0.889. The largest absolute Gasteiger partial charge is 0.465 e. The van der Waals surface area contributed by atoms with Crippen LogP contribution in [-0.2, 0) is 0 Å². The quantitative estimate of drug-likeness (QED) is 0.523. The Balaban J connectivity index is 1.80. The summed E-state index contributed by atoms with van der Waals surface area (Å²) in [5, 5.41) is 11.7. The van der Waals surface area contributed by atoms with Crippen molar-refractivity contribution in [3.8, 4) is 11.1 Å². The first-order chi connectivity index (χ1) is 14.7. The highest BCUT2D eigenvalue weighted by molar-refractivity contribution is 6.37. The van der Waals surface area contributed by atoms with E-state index in [1.807, 2.05) is 36.4 Å². The van der Waals surface area contributed by atoms with Crippen molar-refractivity contribution >= 4 is 46.0 Å². The van der Waals surface area contributed by atoms with Crippen molar-refractivity contribution < 1.29 is 9.90 Å². The lowest BCUT2D eigenvalue weighted by Crippen LogP contribution is -2.59. The van der Waals surface area contributed by atoms with E-state index in [0.29, 0.717) is 29.7 Å². The Morgan fingerprint density at radius 3 is 2.48 bits per heavy atom. The molecule has 8 heteroatoms. The first kappa shape index (κ1) is 21.7. The Hall–Kier alpha value is -2.57. The van der Waals surface area contributed by atoms with Gasteiger partial charge in [-0.15, -0.1) is 0 Å². The zero-order valence-corrected chi connectivity index (χ0v) is 19.2. The molecule has 1 aromatic heterocycles. The number of halogens is 2. The number of carbonyl (C=O) groups is 1. The summed E-state index contributed by atoms with van der Waals surface area (Å²) in [6, 6.07) is 11.2. The number of benzene rings is 2. The molecule has 0 spiro atoms. The first-order valence-electron chi connectivity index (χ1n) is 10.1. The monoisotopic (exact) mass is 458 g/mol. The maximum Gasteiger partial charge on any atom is 0.407 e. The highest BCUT2D eigenvalue weighted by Crippen LogP contribution is 2.38. The lowest BCUT2D eigenvalue weighted by atomic mass is 9.84. The topological polar surface area (TPSA) is 69.6 Å². The van der Waals surface area contributed by atoms with E-state index in [-0.39, 0.29) is 11.5 Å². The molecule has 0 bridgehead atoms. The number of hydrogen-bond acceptors (Lipinski definition) is 4. The Morgan fingerprint density at radius 2 is 1.81 bits per heavy atom. The maximum atomic E-state index is 11.8. The van der Waals surface area contributed by atoms with Crippen LogP contribution in [0.15, 0.2) is 42.7 Å². The van der Waals surface area contributed by atoms with Crippen LogP contribution in [-0.4, -0.2) is 51.7 Å². The summed E-state index contributed by atoms with van der Waals surface area (Å²) >= 11 is 13.0. The van der Waals surface area contributed by atoms with Crippen LogP contribution in [0, 0.1) is 5.41 Å². The second-order valence-electron chi connectivity index (χ2n) is 8.83. The number of anilines is 1. The van der Waals surface area contributed by atoms with Gasteiger partial charge < -0.3 is 14.9 Å². The fourth-order valence-electron chi connectivity index (χ4n) is 4.15. The lowest BCUT2D eigenvalue weighted by Gasteiger charge is -2.46. The molecule has 1 amide bonds. The van der Waals surface area contributed by atoms with Gasteiger partial charge in [0.2, 0.25) is 0 Å². The minimum Gasteiger partial charge on any atom is -0.465 e. The van der Waals surface area contributed by atoms with Gasteiger partial charge in [-0.3, -0.25) is 0 Å². The molecule has 6 nitrogen and oxygen atoms in total. The summed E-state index contributed by atoms with van der Waals surface area (Å²) in [5.41, 5.74) is 2.17. The molecular weight excluding hydrogens is 435 g/mol. The van der Waals surface area contributed by atoms with Gasteiger partial charge in [-0.1, -0.05) is 62.2 Å². The van der Waals surface area contributed by atoms with Crippen molar-refractivity contribution in [3.05, 3.63) is 52.8 Å². The molecule has 1 N–H and O–H groups in total. The van der Waals surface area contributed by atoms with Gasteiger partial charge in [0.15, 0.2) is 0 Å². The van der Waals surface area contributed by atoms with Gasteiger partial charge in [0.25, 0.3) is 0 Å². The van der Waals surface area contributed by atoms with E-state index in [9.17, 15) is 9.90 Å². The van der Waals surface area contributed by atoms with Gasteiger partial charge in [-0.05, 0) is 23.6 Å². The average Bonchev–Trinajstić information content (AvgIpc) is 2.72. The number of piperazine rings is 1. The Bertz CT molecular complexity index is 1150. The summed E-state index contributed by atoms with van der Waals surface area (Å²) in [5.74, 6) is 0.772. The number of hydrogen-bond donors (Lipinski definition) is 1. The van der Waals surface area contributed by atoms with Gasteiger partial charge >= 0.3 is 6.09 Å². The third-order valence-corrected chi connectivity index (χ3v) is 6.43. The molecule has 3 aromatic rings. The van der Waals surface area contributed by atoms with Crippen molar-refractivity contribution in [1.29, 1.82) is 0 Å². The summed E-state index contributed by atoms with van der Waals surface area (Å²) in [7, 11) is 0. The van der Waals surface area contributed by atoms with Crippen molar-refractivity contribution in [1.82, 2.24) is 14.9 Å². The third kappa shape index (κ3) is 4.14. The fraction of sp³-hybridized carbons (Fsp3) is 0.348. The van der Waals surface area contributed by atoms with Crippen LogP contribution in [0.25, 0.3) is 22.0 Å². The Kier molecular flexibility index (Phi) is 5.71. The van der Waals surface area contributed by atoms with Crippen LogP contribution in [0.5, 0.6) is 0 Å². The normalized spacial score (nSPS) is 17.3. The van der Waals surface area contributed by atoms with Gasteiger partial charge in [-0.25, -0.2) is 14.8 Å². The molecule has 0 radical (unpaired) electrons. The summed E-state index contributed by atoms with van der Waals surface area (Å²) < 4.78 is 0. The molecule has 2 aromatic carbocycles. The molecule has 1 atom stereocenters. The van der Waals surface area contributed by atoms with Gasteiger partial charge in [0, 0.05) is 41.2 Å². The zero-order valence-electron chi connectivity index (χ0n) is 17.6. The molecule has 31 heavy (non-hydrogen) atoms. The number of fused-ring (bicyclic) bond motifs is 1. The van der Waals surface area contributed by atoms with Crippen LogP contribution in [0.3, 0.4) is 0 Å². The SMILES string of the molecule is CC(C)(C)C1CN(c2ncnc3cc(Cl)c(-c4ccccc4Cl)cc23)CCN1C(=O)O. The van der Waals surface area contributed by atoms with Gasteiger partial charge in [-0.2, -0.15) is 0 Å². The number of amides is 1. The second-order valence-corrected chi connectivity index (χ2v) is 9.64. The molecule has 4 rings (SSSR count). The van der Waals surface area contributed by atoms with Crippen molar-refractivity contribution in [3.63, 3.8) is 0 Å². The van der Waals surface area contributed by atoms with E-state index < -0.39 is 6.09 Å². The number of rotatable bonds is 2. The Morgan fingerprint density at radius 1 is 1.06 bits per heavy atom. The predicted octanol–water partition coefficient (Wildman–Crippen LogP) is 5.82. The molecule has 1 aliphatic heterocycles. The molecule has 1 saturated heterocycles. The zero-order chi connectivity index (χ0) is 22.3. The molecular formula is C23H24Cl2N4O2. The second kappa shape index (κ2) is 8.17. The Labute approximate surface area is 191 Å². The predicted molar refractivity (Wildman–Crippen MR) is 125 cm³/mol. The molecule has 1 aliphatic rings. The van der Waals surface area contributed by atoms with E-state index >= 15 is 0 Å². The maximum absolute atomic E-state index is 11.8. The van der Waals surface area contributed by atoms with Crippen LogP contribution < -0.4 is 4.90 Å². The average molecular weight is 459 g/mol. The number of nitrogens with zero attached hydrogens (tertiary/aromatic N) is 4. The number of aromatic nitrogens is 2. The van der Waals surface area contributed by atoms with E-state index in [0.717, 1.165) is 27.8 Å². The van der Waals surface area contributed by atoms with E-state index in [4.69, 9.17) is 23.2 Å². The van der Waals surface area contributed by atoms with Crippen molar-refractivity contribution in [2.24, 2.45) is 5.41 Å². The van der Waals surface area contributed by atoms with Crippen LogP contribution in [0.1, 0.15) is 20.8 Å². The highest BCUT2D eigenvalue weighted by atomic mass is 35.5. The molecule has 162 valence electrons. The molecule has 1 unspecified atom stereocenters. The lowest BCUT2D eigenvalue weighted by molar-refractivity contribution is 0.0747. The smallest absolute Gasteiger partial charge is 0.407 e. The number of carboxylic acid groups (broad SMARTS) is 1. The molecule has 2 heterocycles. The van der Waals surface area contributed by atoms with Crippen molar-refractivity contribution in [2.45, 2.75) is 26.8 Å². The van der Waals surface area contributed by atoms with Crippen molar-refractivity contribution in [2.75, 3.05) is 24.5 Å². The summed E-state index contributed by atoms with van der Waals surface area (Å²) in [6.07, 6.45) is 0.638. The minimum absolute atomic E-state index is 0.167. The fourth-order valence-corrected chi connectivity index (χ4v) is 4.64. The molecule has 1 fully saturated rings. The third-order valence-electron chi connectivity index (χ3n) is 5.79. The van der Waals surface area contributed by atoms with Crippen LogP contribution in [0.2, 0.25) is 10.0 Å². The first-order valence-corrected chi connectivity index (χ1v) is 10.9. The van der Waals surface area contributed by atoms with Crippen LogP contribution in [0.4, 0.5) is 10.6 Å². The summed E-state index contributed by atoms with van der Waals surface area (Å²) in [6.45, 7) is 7.69. The van der Waals surface area contributed by atoms with E-state index in [2.05, 4.69) is 35.6 Å².